The fourth-order valence-electron chi connectivity index (χ4n) is 8.63. The molecule has 0 radical (unpaired) electrons. The fourth-order valence-corrected chi connectivity index (χ4v) is 9.21. The number of nitrogens with zero attached hydrogens (tertiary/aromatic N) is 4. The molecule has 4 unspecified atom stereocenters. The lowest BCUT2D eigenvalue weighted by atomic mass is 9.93. The number of nitrogens with one attached hydrogen (secondary N) is 2. The Morgan fingerprint density at radius 2 is 1.34 bits per heavy atom. The number of carbonyl (C=O) groups excluding carboxylic acids is 2. The third kappa shape index (κ3) is 8.10. The summed E-state index contributed by atoms with van der Waals surface area (Å²) < 4.78 is 52.1. The minimum absolute atomic E-state index is 0.0159. The number of amides is 5. The summed E-state index contributed by atoms with van der Waals surface area (Å²) in [4.78, 5) is 47.4. The van der Waals surface area contributed by atoms with Gasteiger partial charge in [0.05, 0.1) is 32.7 Å². The van der Waals surface area contributed by atoms with Gasteiger partial charge in [0.1, 0.15) is 11.6 Å². The van der Waals surface area contributed by atoms with Crippen LogP contribution in [0.3, 0.4) is 0 Å². The molecule has 4 aromatic rings. The van der Waals surface area contributed by atoms with Crippen LogP contribution in [0.1, 0.15) is 86.4 Å². The van der Waals surface area contributed by atoms with Crippen LogP contribution in [0.15, 0.2) is 66.9 Å². The highest BCUT2D eigenvalue weighted by atomic mass is 35.5. The SMILES string of the molecule is CC(C)(C)N(C(=O)O)c1nccc2c1C1CCC(C2)N1C(=O)Nc1ccc(Cl)c(Cl)c1.O=C(Nc1ccc(C(F)(F)F)c(Cl)c1)N1C2CCC1c1cc(F)ccc1C2. The highest BCUT2D eigenvalue weighted by Crippen LogP contribution is 2.48. The van der Waals surface area contributed by atoms with Gasteiger partial charge in [-0.1, -0.05) is 40.9 Å². The van der Waals surface area contributed by atoms with Crippen molar-refractivity contribution in [1.29, 1.82) is 0 Å². The lowest BCUT2D eigenvalue weighted by Gasteiger charge is -2.40. The van der Waals surface area contributed by atoms with Crippen LogP contribution in [0.2, 0.25) is 15.1 Å². The number of halogens is 7. The molecule has 3 N–H and O–H groups in total. The summed E-state index contributed by atoms with van der Waals surface area (Å²) in [6.07, 6.45) is 0.435. The third-order valence-corrected chi connectivity index (χ3v) is 12.1. The minimum atomic E-state index is -4.56. The van der Waals surface area contributed by atoms with E-state index in [0.29, 0.717) is 34.4 Å². The molecular formula is C41H39Cl3F4N6O4. The van der Waals surface area contributed by atoms with Gasteiger partial charge < -0.3 is 25.5 Å². The molecule has 2 fully saturated rings. The molecule has 17 heteroatoms. The van der Waals surface area contributed by atoms with Crippen LogP contribution in [0.4, 0.5) is 49.1 Å². The second-order valence-corrected chi connectivity index (χ2v) is 17.0. The minimum Gasteiger partial charge on any atom is -0.465 e. The number of carbonyl (C=O) groups is 3. The summed E-state index contributed by atoms with van der Waals surface area (Å²) in [5.41, 5.74) is 2.79. The Bertz CT molecular complexity index is 2290. The van der Waals surface area contributed by atoms with Crippen LogP contribution in [-0.2, 0) is 19.0 Å². The zero-order valence-corrected chi connectivity index (χ0v) is 33.8. The number of rotatable bonds is 3. The van der Waals surface area contributed by atoms with Gasteiger partial charge in [-0.15, -0.1) is 0 Å². The molecule has 8 rings (SSSR count). The Morgan fingerprint density at radius 1 is 0.759 bits per heavy atom. The normalized spacial score (nSPS) is 20.4. The van der Waals surface area contributed by atoms with Crippen molar-refractivity contribution in [3.63, 3.8) is 0 Å². The number of anilines is 3. The summed E-state index contributed by atoms with van der Waals surface area (Å²) in [6.45, 7) is 5.49. The molecule has 2 saturated heterocycles. The summed E-state index contributed by atoms with van der Waals surface area (Å²) >= 11 is 17.8. The molecule has 3 aromatic carbocycles. The first-order chi connectivity index (χ1) is 27.3. The smallest absolute Gasteiger partial charge is 0.417 e. The van der Waals surface area contributed by atoms with Gasteiger partial charge >= 0.3 is 24.3 Å². The van der Waals surface area contributed by atoms with Gasteiger partial charge in [-0.05, 0) is 131 Å². The number of hydrogen-bond donors (Lipinski definition) is 3. The molecule has 0 aliphatic carbocycles. The van der Waals surface area contributed by atoms with E-state index < -0.39 is 34.4 Å². The number of pyridine rings is 1. The van der Waals surface area contributed by atoms with E-state index >= 15 is 0 Å². The maximum Gasteiger partial charge on any atom is 0.417 e. The molecule has 4 aliphatic heterocycles. The van der Waals surface area contributed by atoms with Crippen molar-refractivity contribution in [1.82, 2.24) is 14.8 Å². The van der Waals surface area contributed by atoms with E-state index in [1.54, 1.807) is 35.4 Å². The van der Waals surface area contributed by atoms with E-state index in [0.717, 1.165) is 60.1 Å². The summed E-state index contributed by atoms with van der Waals surface area (Å²) in [5, 5.41) is 15.7. The molecular weight excluding hydrogens is 823 g/mol. The second kappa shape index (κ2) is 15.8. The number of carboxylic acid groups (broad SMARTS) is 1. The van der Waals surface area contributed by atoms with Gasteiger partial charge in [0, 0.05) is 40.8 Å². The van der Waals surface area contributed by atoms with Gasteiger partial charge in [-0.2, -0.15) is 13.2 Å². The standard InChI is InChI=1S/C22H24Cl2N4O3.C19H15ClF4N2O/c1-22(2,3)28(21(30)31)19-18-12(8-9-25-19)10-14-5-7-17(18)27(14)20(29)26-13-4-6-15(23)16(24)11-13;20-16-9-12(3-5-15(16)19(22,23)24)25-18(27)26-13-4-6-17(26)14-8-11(21)2-1-10(14)7-13/h4,6,8-9,11,14,17H,5,7,10H2,1-3H3,(H,26,29)(H,30,31);1-3,5,8-9,13,17H,4,6-7H2,(H,25,27). The average molecular weight is 862 g/mol. The Hall–Kier alpha value is -4.79. The first kappa shape index (κ1) is 41.4. The van der Waals surface area contributed by atoms with E-state index in [1.165, 1.54) is 23.1 Å². The van der Waals surface area contributed by atoms with Crippen molar-refractivity contribution in [2.24, 2.45) is 0 Å². The van der Waals surface area contributed by atoms with E-state index in [4.69, 9.17) is 34.8 Å². The zero-order valence-electron chi connectivity index (χ0n) is 31.5. The van der Waals surface area contributed by atoms with Gasteiger partial charge in [-0.3, -0.25) is 4.90 Å². The van der Waals surface area contributed by atoms with Crippen LogP contribution in [-0.4, -0.2) is 55.7 Å². The molecule has 4 aliphatic rings. The number of alkyl halides is 3. The van der Waals surface area contributed by atoms with Gasteiger partial charge in [-0.25, -0.2) is 23.8 Å². The first-order valence-electron chi connectivity index (χ1n) is 18.6. The molecule has 10 nitrogen and oxygen atoms in total. The molecule has 5 amide bonds. The number of fused-ring (bicyclic) bond motifs is 8. The van der Waals surface area contributed by atoms with E-state index in [1.807, 2.05) is 31.7 Å². The highest BCUT2D eigenvalue weighted by molar-refractivity contribution is 6.42. The van der Waals surface area contributed by atoms with Crippen LogP contribution in [0.25, 0.3) is 0 Å². The van der Waals surface area contributed by atoms with Gasteiger partial charge in [0.15, 0.2) is 0 Å². The predicted octanol–water partition coefficient (Wildman–Crippen LogP) is 11.8. The maximum absolute atomic E-state index is 13.6. The largest absolute Gasteiger partial charge is 0.465 e. The zero-order chi connectivity index (χ0) is 41.8. The first-order valence-corrected chi connectivity index (χ1v) is 19.7. The third-order valence-electron chi connectivity index (χ3n) is 11.0. The molecule has 5 heterocycles. The number of aromatic nitrogens is 1. The second-order valence-electron chi connectivity index (χ2n) is 15.7. The van der Waals surface area contributed by atoms with Crippen molar-refractivity contribution < 1.29 is 37.1 Å². The number of hydrogen-bond acceptors (Lipinski definition) is 4. The predicted molar refractivity (Wildman–Crippen MR) is 214 cm³/mol. The lowest BCUT2D eigenvalue weighted by Crippen LogP contribution is -2.48. The van der Waals surface area contributed by atoms with Crippen LogP contribution >= 0.6 is 34.8 Å². The summed E-state index contributed by atoms with van der Waals surface area (Å²) in [7, 11) is 0. The molecule has 4 atom stereocenters. The summed E-state index contributed by atoms with van der Waals surface area (Å²) in [5.74, 6) is 0.0455. The molecule has 58 heavy (non-hydrogen) atoms. The number of benzene rings is 3. The van der Waals surface area contributed by atoms with Crippen molar-refractivity contribution in [2.75, 3.05) is 15.5 Å². The molecule has 0 spiro atoms. The van der Waals surface area contributed by atoms with Crippen LogP contribution in [0.5, 0.6) is 0 Å². The van der Waals surface area contributed by atoms with Crippen LogP contribution < -0.4 is 15.5 Å². The topological polar surface area (TPSA) is 118 Å². The quantitative estimate of drug-likeness (QED) is 0.177. The fraction of sp³-hybridized carbons (Fsp3) is 0.366. The van der Waals surface area contributed by atoms with E-state index in [2.05, 4.69) is 15.6 Å². The van der Waals surface area contributed by atoms with E-state index in [-0.39, 0.29) is 41.7 Å². The van der Waals surface area contributed by atoms with Crippen molar-refractivity contribution in [3.05, 3.63) is 116 Å². The van der Waals surface area contributed by atoms with Crippen molar-refractivity contribution in [2.45, 2.75) is 95.2 Å². The van der Waals surface area contributed by atoms with E-state index in [9.17, 15) is 37.1 Å². The average Bonchev–Trinajstić information content (AvgIpc) is 3.63. The lowest BCUT2D eigenvalue weighted by molar-refractivity contribution is -0.137. The van der Waals surface area contributed by atoms with Gasteiger partial charge in [0.2, 0.25) is 0 Å². The van der Waals surface area contributed by atoms with Crippen LogP contribution in [0, 0.1) is 5.82 Å². The number of urea groups is 2. The van der Waals surface area contributed by atoms with Crippen molar-refractivity contribution in [3.8, 4) is 0 Å². The Balaban J connectivity index is 0.000000178. The maximum atomic E-state index is 13.6. The highest BCUT2D eigenvalue weighted by Gasteiger charge is 2.46. The summed E-state index contributed by atoms with van der Waals surface area (Å²) in [6, 6.07) is 13.5. The Labute approximate surface area is 347 Å². The van der Waals surface area contributed by atoms with Gasteiger partial charge in [0.25, 0.3) is 0 Å². The Morgan fingerprint density at radius 3 is 1.93 bits per heavy atom. The Kier molecular flexibility index (Phi) is 11.2. The molecule has 0 saturated carbocycles. The van der Waals surface area contributed by atoms with Crippen molar-refractivity contribution >= 4 is 70.2 Å². The molecule has 1 aromatic heterocycles. The monoisotopic (exact) mass is 860 g/mol. The molecule has 306 valence electrons. The molecule has 4 bridgehead atoms.